The molecule has 1 aliphatic carbocycles. The Hall–Kier alpha value is -2.89. The third kappa shape index (κ3) is 3.79. The van der Waals surface area contributed by atoms with Crippen molar-refractivity contribution < 1.29 is 9.32 Å². The van der Waals surface area contributed by atoms with Crippen molar-refractivity contribution in [2.45, 2.75) is 37.8 Å². The van der Waals surface area contributed by atoms with Gasteiger partial charge in [-0.1, -0.05) is 35.5 Å². The molecule has 1 fully saturated rings. The Kier molecular flexibility index (Phi) is 4.33. The number of nitrogens with zero attached hydrogens (tertiary/aromatic N) is 3. The van der Waals surface area contributed by atoms with Crippen LogP contribution in [0.5, 0.6) is 0 Å². The van der Waals surface area contributed by atoms with Gasteiger partial charge in [-0.3, -0.25) is 9.48 Å². The molecule has 0 aliphatic heterocycles. The Morgan fingerprint density at radius 2 is 2.12 bits per heavy atom. The molecule has 2 aromatic heterocycles. The first-order valence-corrected chi connectivity index (χ1v) is 8.59. The third-order valence-corrected chi connectivity index (χ3v) is 4.45. The van der Waals surface area contributed by atoms with Gasteiger partial charge >= 0.3 is 0 Å². The van der Waals surface area contributed by atoms with Gasteiger partial charge in [0.2, 0.25) is 0 Å². The monoisotopic (exact) mass is 336 g/mol. The molecular weight excluding hydrogens is 316 g/mol. The van der Waals surface area contributed by atoms with E-state index in [0.717, 1.165) is 37.1 Å². The Labute approximate surface area is 145 Å². The number of benzene rings is 1. The Morgan fingerprint density at radius 1 is 1.28 bits per heavy atom. The minimum atomic E-state index is -0.204. The average Bonchev–Trinajstić information content (AvgIpc) is 3.15. The number of carbonyl (C=O) groups is 1. The number of rotatable bonds is 7. The van der Waals surface area contributed by atoms with Gasteiger partial charge in [-0.05, 0) is 30.9 Å². The van der Waals surface area contributed by atoms with Crippen molar-refractivity contribution in [3.05, 3.63) is 71.9 Å². The Balaban J connectivity index is 1.47. The van der Waals surface area contributed by atoms with Crippen molar-refractivity contribution in [2.24, 2.45) is 0 Å². The summed E-state index contributed by atoms with van der Waals surface area (Å²) >= 11 is 0. The van der Waals surface area contributed by atoms with Crippen LogP contribution in [0, 0.1) is 0 Å². The smallest absolute Gasteiger partial charge is 0.273 e. The van der Waals surface area contributed by atoms with Gasteiger partial charge in [-0.15, -0.1) is 0 Å². The SMILES string of the molecule is O=C(NC(CCn1cccn1)c1ccccc1)c1cc(C2CC2)on1. The minimum absolute atomic E-state index is 0.112. The topological polar surface area (TPSA) is 73.0 Å². The second kappa shape index (κ2) is 6.93. The molecule has 1 saturated carbocycles. The van der Waals surface area contributed by atoms with E-state index in [-0.39, 0.29) is 11.9 Å². The number of aryl methyl sites for hydroxylation is 1. The molecule has 6 nitrogen and oxygen atoms in total. The maximum atomic E-state index is 12.6. The molecule has 1 aromatic carbocycles. The largest absolute Gasteiger partial charge is 0.360 e. The summed E-state index contributed by atoms with van der Waals surface area (Å²) in [6, 6.07) is 13.5. The lowest BCUT2D eigenvalue weighted by Gasteiger charge is -2.18. The van der Waals surface area contributed by atoms with Gasteiger partial charge in [0.25, 0.3) is 5.91 Å². The van der Waals surface area contributed by atoms with Crippen molar-refractivity contribution in [2.75, 3.05) is 0 Å². The summed E-state index contributed by atoms with van der Waals surface area (Å²) < 4.78 is 7.16. The molecule has 1 amide bonds. The molecule has 3 aromatic rings. The van der Waals surface area contributed by atoms with Crippen molar-refractivity contribution in [3.63, 3.8) is 0 Å². The average molecular weight is 336 g/mol. The molecule has 25 heavy (non-hydrogen) atoms. The van der Waals surface area contributed by atoms with E-state index in [9.17, 15) is 4.79 Å². The first-order chi connectivity index (χ1) is 12.3. The van der Waals surface area contributed by atoms with Gasteiger partial charge in [-0.25, -0.2) is 0 Å². The van der Waals surface area contributed by atoms with Crippen LogP contribution < -0.4 is 5.32 Å². The van der Waals surface area contributed by atoms with Crippen LogP contribution in [0.1, 0.15) is 53.0 Å². The van der Waals surface area contributed by atoms with E-state index < -0.39 is 0 Å². The van der Waals surface area contributed by atoms with E-state index in [1.807, 2.05) is 47.3 Å². The van der Waals surface area contributed by atoms with E-state index in [1.54, 1.807) is 12.3 Å². The molecule has 1 N–H and O–H groups in total. The molecule has 0 spiro atoms. The normalized spacial score (nSPS) is 15.0. The first kappa shape index (κ1) is 15.6. The van der Waals surface area contributed by atoms with Crippen LogP contribution in [0.4, 0.5) is 0 Å². The first-order valence-electron chi connectivity index (χ1n) is 8.59. The van der Waals surface area contributed by atoms with Crippen LogP contribution in [0.25, 0.3) is 0 Å². The maximum absolute atomic E-state index is 12.6. The van der Waals surface area contributed by atoms with E-state index in [0.29, 0.717) is 11.6 Å². The summed E-state index contributed by atoms with van der Waals surface area (Å²) in [7, 11) is 0. The van der Waals surface area contributed by atoms with Gasteiger partial charge in [0, 0.05) is 30.9 Å². The lowest BCUT2D eigenvalue weighted by Crippen LogP contribution is -2.29. The number of amides is 1. The highest BCUT2D eigenvalue weighted by atomic mass is 16.5. The quantitative estimate of drug-likeness (QED) is 0.718. The Bertz CT molecular complexity index is 822. The summed E-state index contributed by atoms with van der Waals surface area (Å²) in [5.41, 5.74) is 1.41. The van der Waals surface area contributed by atoms with Crippen molar-refractivity contribution in [1.29, 1.82) is 0 Å². The summed E-state index contributed by atoms with van der Waals surface area (Å²) in [5, 5.41) is 11.2. The fourth-order valence-corrected chi connectivity index (χ4v) is 2.89. The highest BCUT2D eigenvalue weighted by Crippen LogP contribution is 2.40. The molecular formula is C19H20N4O2. The van der Waals surface area contributed by atoms with Gasteiger partial charge < -0.3 is 9.84 Å². The summed E-state index contributed by atoms with van der Waals surface area (Å²) in [6.07, 6.45) is 6.65. The molecule has 0 saturated heterocycles. The van der Waals surface area contributed by atoms with Gasteiger partial charge in [-0.2, -0.15) is 5.10 Å². The molecule has 1 aliphatic rings. The highest BCUT2D eigenvalue weighted by molar-refractivity contribution is 5.92. The van der Waals surface area contributed by atoms with E-state index >= 15 is 0 Å². The standard InChI is InChI=1S/C19H20N4O2/c24-19(17-13-18(25-22-17)15-7-8-15)21-16(14-5-2-1-3-6-14)9-12-23-11-4-10-20-23/h1-6,10-11,13,15-16H,7-9,12H2,(H,21,24). The number of hydrogen-bond acceptors (Lipinski definition) is 4. The predicted octanol–water partition coefficient (Wildman–Crippen LogP) is 3.31. The maximum Gasteiger partial charge on any atom is 0.273 e. The second-order valence-electron chi connectivity index (χ2n) is 6.38. The van der Waals surface area contributed by atoms with Crippen LogP contribution >= 0.6 is 0 Å². The molecule has 0 bridgehead atoms. The van der Waals surface area contributed by atoms with Crippen LogP contribution in [-0.4, -0.2) is 20.8 Å². The van der Waals surface area contributed by atoms with Gasteiger partial charge in [0.1, 0.15) is 5.76 Å². The number of nitrogens with one attached hydrogen (secondary N) is 1. The predicted molar refractivity (Wildman–Crippen MR) is 92.0 cm³/mol. The van der Waals surface area contributed by atoms with Crippen molar-refractivity contribution in [3.8, 4) is 0 Å². The minimum Gasteiger partial charge on any atom is -0.360 e. The van der Waals surface area contributed by atoms with E-state index in [2.05, 4.69) is 15.6 Å². The molecule has 1 unspecified atom stereocenters. The zero-order chi connectivity index (χ0) is 17.1. The van der Waals surface area contributed by atoms with Gasteiger partial charge in [0.15, 0.2) is 5.69 Å². The van der Waals surface area contributed by atoms with Crippen LogP contribution in [-0.2, 0) is 6.54 Å². The van der Waals surface area contributed by atoms with E-state index in [4.69, 9.17) is 4.52 Å². The molecule has 128 valence electrons. The van der Waals surface area contributed by atoms with E-state index in [1.165, 1.54) is 0 Å². The van der Waals surface area contributed by atoms with Gasteiger partial charge in [0.05, 0.1) is 6.04 Å². The van der Waals surface area contributed by atoms with Crippen LogP contribution in [0.3, 0.4) is 0 Å². The fraction of sp³-hybridized carbons (Fsp3) is 0.316. The zero-order valence-electron chi connectivity index (χ0n) is 13.8. The highest BCUT2D eigenvalue weighted by Gasteiger charge is 2.29. The molecule has 4 rings (SSSR count). The van der Waals surface area contributed by atoms with Crippen LogP contribution in [0.15, 0.2) is 59.4 Å². The second-order valence-corrected chi connectivity index (χ2v) is 6.38. The summed E-state index contributed by atoms with van der Waals surface area (Å²) in [5.74, 6) is 1.06. The fourth-order valence-electron chi connectivity index (χ4n) is 2.89. The molecule has 2 heterocycles. The molecule has 6 heteroatoms. The summed E-state index contributed by atoms with van der Waals surface area (Å²) in [6.45, 7) is 0.721. The Morgan fingerprint density at radius 3 is 2.84 bits per heavy atom. The summed E-state index contributed by atoms with van der Waals surface area (Å²) in [4.78, 5) is 12.6. The number of hydrogen-bond donors (Lipinski definition) is 1. The molecule has 0 radical (unpaired) electrons. The number of carbonyl (C=O) groups excluding carboxylic acids is 1. The zero-order valence-corrected chi connectivity index (χ0v) is 13.8. The van der Waals surface area contributed by atoms with Crippen molar-refractivity contribution in [1.82, 2.24) is 20.3 Å². The lowest BCUT2D eigenvalue weighted by molar-refractivity contribution is 0.0924. The lowest BCUT2D eigenvalue weighted by atomic mass is 10.0. The third-order valence-electron chi connectivity index (χ3n) is 4.45. The number of aromatic nitrogens is 3. The van der Waals surface area contributed by atoms with Crippen molar-refractivity contribution >= 4 is 5.91 Å². The van der Waals surface area contributed by atoms with Crippen LogP contribution in [0.2, 0.25) is 0 Å². The molecule has 1 atom stereocenters.